The molecule has 3 fully saturated rings. The molecule has 5 nitrogen and oxygen atoms in total. The van der Waals surface area contributed by atoms with Crippen LogP contribution in [0, 0.1) is 17.3 Å². The summed E-state index contributed by atoms with van der Waals surface area (Å²) in [6.45, 7) is 8.67. The topological polar surface area (TPSA) is 55.8 Å². The average molecular weight is 371 g/mol. The normalized spacial score (nSPS) is 36.6. The first-order valence-electron chi connectivity index (χ1n) is 10.0. The predicted octanol–water partition coefficient (Wildman–Crippen LogP) is 3.52. The van der Waals surface area contributed by atoms with Crippen LogP contribution >= 0.6 is 0 Å². The van der Waals surface area contributed by atoms with Gasteiger partial charge in [-0.1, -0.05) is 57.5 Å². The Labute approximate surface area is 161 Å². The summed E-state index contributed by atoms with van der Waals surface area (Å²) in [7, 11) is 0. The molecule has 3 aliphatic rings. The molecule has 1 aromatic rings. The van der Waals surface area contributed by atoms with E-state index in [9.17, 15) is 9.59 Å². The first-order chi connectivity index (χ1) is 12.8. The van der Waals surface area contributed by atoms with Crippen molar-refractivity contribution < 1.29 is 19.1 Å². The van der Waals surface area contributed by atoms with Gasteiger partial charge in [0, 0.05) is 17.9 Å². The second kappa shape index (κ2) is 6.06. The summed E-state index contributed by atoms with van der Waals surface area (Å²) < 4.78 is 11.9. The number of likely N-dealkylation sites (tertiary alicyclic amines) is 1. The van der Waals surface area contributed by atoms with Crippen molar-refractivity contribution in [2.75, 3.05) is 6.61 Å². The fourth-order valence-corrected chi connectivity index (χ4v) is 5.73. The lowest BCUT2D eigenvalue weighted by atomic mass is 9.58. The van der Waals surface area contributed by atoms with Crippen LogP contribution in [-0.2, 0) is 25.6 Å². The zero-order valence-corrected chi connectivity index (χ0v) is 16.7. The maximum atomic E-state index is 13.7. The molecule has 2 heterocycles. The fraction of sp³-hybridized carbons (Fsp3) is 0.636. The molecular weight excluding hydrogens is 342 g/mol. The highest BCUT2D eigenvalue weighted by molar-refractivity contribution is 6.10. The van der Waals surface area contributed by atoms with Crippen LogP contribution in [0.25, 0.3) is 0 Å². The highest BCUT2D eigenvalue weighted by atomic mass is 16.6. The zero-order chi connectivity index (χ0) is 19.4. The van der Waals surface area contributed by atoms with Gasteiger partial charge in [-0.25, -0.2) is 4.79 Å². The largest absolute Gasteiger partial charge is 0.463 e. The number of fused-ring (bicyclic) bond motifs is 1. The minimum atomic E-state index is -1.54. The lowest BCUT2D eigenvalue weighted by Crippen LogP contribution is -2.66. The van der Waals surface area contributed by atoms with E-state index in [1.807, 2.05) is 49.1 Å². The molecule has 1 aromatic carbocycles. The van der Waals surface area contributed by atoms with Gasteiger partial charge in [-0.3, -0.25) is 4.79 Å². The standard InChI is InChI=1S/C22H29NO4/c1-5-26-19(25)22-18(24)23(14-16-9-7-6-8-10-16)21(27-22)13-15(2)11-12-17(21)20(22,3)4/h6-10,15,17H,5,11-14H2,1-4H3/t15-,17-,21-,22-/m1/s1. The summed E-state index contributed by atoms with van der Waals surface area (Å²) in [5, 5.41) is 0. The first-order valence-corrected chi connectivity index (χ1v) is 10.0. The quantitative estimate of drug-likeness (QED) is 0.600. The molecule has 0 radical (unpaired) electrons. The van der Waals surface area contributed by atoms with Crippen LogP contribution in [0.3, 0.4) is 0 Å². The highest BCUT2D eigenvalue weighted by Crippen LogP contribution is 2.67. The minimum Gasteiger partial charge on any atom is -0.463 e. The van der Waals surface area contributed by atoms with Crippen LogP contribution in [0.15, 0.2) is 30.3 Å². The first kappa shape index (κ1) is 18.5. The van der Waals surface area contributed by atoms with E-state index >= 15 is 0 Å². The van der Waals surface area contributed by atoms with Crippen LogP contribution in [0.2, 0.25) is 0 Å². The second-order valence-electron chi connectivity index (χ2n) is 8.89. The van der Waals surface area contributed by atoms with Gasteiger partial charge in [0.05, 0.1) is 6.61 Å². The van der Waals surface area contributed by atoms with Gasteiger partial charge in [0.2, 0.25) is 0 Å². The number of hydrogen-bond donors (Lipinski definition) is 0. The number of carbonyl (C=O) groups excluding carboxylic acids is 2. The Hall–Kier alpha value is -1.88. The smallest absolute Gasteiger partial charge is 0.349 e. The molecule has 1 saturated carbocycles. The van der Waals surface area contributed by atoms with Gasteiger partial charge >= 0.3 is 5.97 Å². The van der Waals surface area contributed by atoms with Crippen molar-refractivity contribution in [1.29, 1.82) is 0 Å². The summed E-state index contributed by atoms with van der Waals surface area (Å²) in [6, 6.07) is 9.93. The summed E-state index contributed by atoms with van der Waals surface area (Å²) >= 11 is 0. The van der Waals surface area contributed by atoms with Crippen molar-refractivity contribution in [3.63, 3.8) is 0 Å². The molecule has 0 unspecified atom stereocenters. The fourth-order valence-electron chi connectivity index (χ4n) is 5.73. The SMILES string of the molecule is CCOC(=O)[C@@]12O[C@@]3(C[C@H](C)CC[C@@H]3C1(C)C)N(Cc1ccccc1)C2=O. The molecule has 1 amide bonds. The van der Waals surface area contributed by atoms with Gasteiger partial charge in [-0.2, -0.15) is 0 Å². The lowest BCUT2D eigenvalue weighted by molar-refractivity contribution is -0.180. The van der Waals surface area contributed by atoms with Crippen molar-refractivity contribution in [3.05, 3.63) is 35.9 Å². The summed E-state index contributed by atoms with van der Waals surface area (Å²) in [4.78, 5) is 28.6. The van der Waals surface area contributed by atoms with E-state index in [-0.39, 0.29) is 18.4 Å². The van der Waals surface area contributed by atoms with Crippen LogP contribution < -0.4 is 0 Å². The van der Waals surface area contributed by atoms with E-state index in [1.165, 1.54) is 0 Å². The number of benzene rings is 1. The molecule has 2 saturated heterocycles. The van der Waals surface area contributed by atoms with Gasteiger partial charge in [-0.05, 0) is 31.2 Å². The third-order valence-corrected chi connectivity index (χ3v) is 6.99. The maximum Gasteiger partial charge on any atom is 0.349 e. The Bertz CT molecular complexity index is 761. The molecule has 1 spiro atoms. The van der Waals surface area contributed by atoms with E-state index in [0.29, 0.717) is 12.5 Å². The number of carbonyl (C=O) groups is 2. The van der Waals surface area contributed by atoms with E-state index in [0.717, 1.165) is 24.8 Å². The van der Waals surface area contributed by atoms with Gasteiger partial charge < -0.3 is 14.4 Å². The van der Waals surface area contributed by atoms with Gasteiger partial charge in [0.15, 0.2) is 0 Å². The third-order valence-electron chi connectivity index (χ3n) is 6.99. The van der Waals surface area contributed by atoms with Gasteiger partial charge in [-0.15, -0.1) is 0 Å². The molecular formula is C22H29NO4. The zero-order valence-electron chi connectivity index (χ0n) is 16.7. The Morgan fingerprint density at radius 3 is 2.63 bits per heavy atom. The molecule has 2 bridgehead atoms. The molecule has 0 aromatic heterocycles. The molecule has 5 heteroatoms. The van der Waals surface area contributed by atoms with Crippen molar-refractivity contribution in [3.8, 4) is 0 Å². The van der Waals surface area contributed by atoms with Gasteiger partial charge in [0.25, 0.3) is 11.5 Å². The number of nitrogens with zero attached hydrogens (tertiary/aromatic N) is 1. The van der Waals surface area contributed by atoms with Crippen LogP contribution in [0.1, 0.15) is 52.5 Å². The highest BCUT2D eigenvalue weighted by Gasteiger charge is 2.82. The second-order valence-corrected chi connectivity index (χ2v) is 8.89. The number of piperidine rings is 1. The van der Waals surface area contributed by atoms with Crippen LogP contribution in [-0.4, -0.2) is 34.7 Å². The van der Waals surface area contributed by atoms with E-state index in [2.05, 4.69) is 6.92 Å². The van der Waals surface area contributed by atoms with E-state index in [1.54, 1.807) is 6.92 Å². The molecule has 146 valence electrons. The Kier molecular flexibility index (Phi) is 4.15. The van der Waals surface area contributed by atoms with Crippen LogP contribution in [0.4, 0.5) is 0 Å². The van der Waals surface area contributed by atoms with Crippen molar-refractivity contribution in [2.24, 2.45) is 17.3 Å². The number of amides is 1. The number of ether oxygens (including phenoxy) is 2. The van der Waals surface area contributed by atoms with Crippen molar-refractivity contribution >= 4 is 11.9 Å². The Balaban J connectivity index is 1.82. The van der Waals surface area contributed by atoms with Crippen molar-refractivity contribution in [1.82, 2.24) is 4.90 Å². The molecule has 1 aliphatic carbocycles. The number of hydrogen-bond acceptors (Lipinski definition) is 4. The van der Waals surface area contributed by atoms with E-state index < -0.39 is 22.7 Å². The minimum absolute atomic E-state index is 0.118. The molecule has 27 heavy (non-hydrogen) atoms. The maximum absolute atomic E-state index is 13.7. The van der Waals surface area contributed by atoms with E-state index in [4.69, 9.17) is 9.47 Å². The molecule has 4 rings (SSSR count). The third kappa shape index (κ3) is 2.27. The number of esters is 1. The van der Waals surface area contributed by atoms with Gasteiger partial charge in [0.1, 0.15) is 5.72 Å². The lowest BCUT2D eigenvalue weighted by Gasteiger charge is -2.52. The van der Waals surface area contributed by atoms with Crippen LogP contribution in [0.5, 0.6) is 0 Å². The Morgan fingerprint density at radius 1 is 1.26 bits per heavy atom. The summed E-state index contributed by atoms with van der Waals surface area (Å²) in [5.74, 6) is -0.205. The summed E-state index contributed by atoms with van der Waals surface area (Å²) in [5.41, 5.74) is -1.80. The molecule has 4 atom stereocenters. The van der Waals surface area contributed by atoms with Crippen molar-refractivity contribution in [2.45, 2.75) is 64.8 Å². The summed E-state index contributed by atoms with van der Waals surface area (Å²) in [6.07, 6.45) is 2.81. The number of rotatable bonds is 4. The predicted molar refractivity (Wildman–Crippen MR) is 100 cm³/mol. The Morgan fingerprint density at radius 2 is 1.96 bits per heavy atom. The monoisotopic (exact) mass is 371 g/mol. The average Bonchev–Trinajstić information content (AvgIpc) is 2.99. The molecule has 0 N–H and O–H groups in total. The molecule has 2 aliphatic heterocycles.